The molecule has 0 unspecified atom stereocenters. The first kappa shape index (κ1) is 13.5. The van der Waals surface area contributed by atoms with Gasteiger partial charge in [0, 0.05) is 31.2 Å². The molecule has 0 fully saturated rings. The minimum atomic E-state index is -0.213. The number of amides is 2. The van der Waals surface area contributed by atoms with Gasteiger partial charge in [0.15, 0.2) is 0 Å². The van der Waals surface area contributed by atoms with Gasteiger partial charge in [-0.2, -0.15) is 0 Å². The van der Waals surface area contributed by atoms with Crippen LogP contribution in [0, 0.1) is 0 Å². The molecule has 1 rings (SSSR count). The molecule has 17 heavy (non-hydrogen) atoms. The summed E-state index contributed by atoms with van der Waals surface area (Å²) in [7, 11) is 3.36. The zero-order valence-corrected chi connectivity index (χ0v) is 11.0. The molecular formula is C12H16ClN3O. The van der Waals surface area contributed by atoms with E-state index >= 15 is 0 Å². The lowest BCUT2D eigenvalue weighted by atomic mass is 10.3. The van der Waals surface area contributed by atoms with E-state index in [0.29, 0.717) is 17.1 Å². The van der Waals surface area contributed by atoms with Crippen molar-refractivity contribution in [3.05, 3.63) is 29.3 Å². The summed E-state index contributed by atoms with van der Waals surface area (Å²) in [5, 5.41) is 3.41. The summed E-state index contributed by atoms with van der Waals surface area (Å²) < 4.78 is 0. The number of urea groups is 1. The Hall–Kier alpha value is -1.55. The molecule has 0 aliphatic heterocycles. The van der Waals surface area contributed by atoms with Crippen LogP contribution in [0.15, 0.2) is 29.3 Å². The number of hydrogen-bond acceptors (Lipinski definition) is 2. The maximum Gasteiger partial charge on any atom is 0.326 e. The zero-order valence-electron chi connectivity index (χ0n) is 10.2. The Bertz CT molecular complexity index is 414. The second kappa shape index (κ2) is 6.25. The minimum Gasteiger partial charge on any atom is -0.308 e. The zero-order chi connectivity index (χ0) is 12.8. The van der Waals surface area contributed by atoms with Crippen LogP contribution in [-0.4, -0.2) is 30.9 Å². The van der Waals surface area contributed by atoms with Crippen LogP contribution in [0.5, 0.6) is 0 Å². The molecule has 92 valence electrons. The molecule has 0 heterocycles. The van der Waals surface area contributed by atoms with Crippen molar-refractivity contribution in [2.45, 2.75) is 13.3 Å². The van der Waals surface area contributed by atoms with Crippen LogP contribution in [0.3, 0.4) is 0 Å². The fourth-order valence-corrected chi connectivity index (χ4v) is 1.53. The summed E-state index contributed by atoms with van der Waals surface area (Å²) in [5.41, 5.74) is 0.706. The van der Waals surface area contributed by atoms with E-state index in [1.54, 1.807) is 38.4 Å². The molecule has 0 saturated carbocycles. The van der Waals surface area contributed by atoms with Crippen LogP contribution in [0.1, 0.15) is 13.3 Å². The van der Waals surface area contributed by atoms with E-state index in [9.17, 15) is 4.79 Å². The smallest absolute Gasteiger partial charge is 0.308 e. The minimum absolute atomic E-state index is 0.213. The van der Waals surface area contributed by atoms with Gasteiger partial charge >= 0.3 is 6.03 Å². The molecule has 2 amide bonds. The number of benzene rings is 1. The number of hydrogen-bond donors (Lipinski definition) is 1. The van der Waals surface area contributed by atoms with Crippen LogP contribution in [0.2, 0.25) is 5.02 Å². The van der Waals surface area contributed by atoms with Gasteiger partial charge in [-0.15, -0.1) is 0 Å². The SMILES string of the molecule is CCC(=NC)N(C)C(=O)Nc1ccc(Cl)cc1. The highest BCUT2D eigenvalue weighted by atomic mass is 35.5. The Morgan fingerprint density at radius 2 is 2.00 bits per heavy atom. The highest BCUT2D eigenvalue weighted by Gasteiger charge is 2.12. The molecule has 0 aliphatic rings. The van der Waals surface area contributed by atoms with Crippen molar-refractivity contribution < 1.29 is 4.79 Å². The molecule has 0 saturated heterocycles. The van der Waals surface area contributed by atoms with Crippen LogP contribution in [-0.2, 0) is 0 Å². The number of nitrogens with zero attached hydrogens (tertiary/aromatic N) is 2. The molecule has 0 spiro atoms. The summed E-state index contributed by atoms with van der Waals surface area (Å²) in [4.78, 5) is 17.4. The highest BCUT2D eigenvalue weighted by Crippen LogP contribution is 2.13. The van der Waals surface area contributed by atoms with Gasteiger partial charge in [0.2, 0.25) is 0 Å². The third kappa shape index (κ3) is 3.75. The van der Waals surface area contributed by atoms with Gasteiger partial charge in [-0.25, -0.2) is 4.79 Å². The van der Waals surface area contributed by atoms with Crippen LogP contribution in [0.25, 0.3) is 0 Å². The van der Waals surface area contributed by atoms with Gasteiger partial charge in [0.05, 0.1) is 0 Å². The van der Waals surface area contributed by atoms with Crippen molar-refractivity contribution in [2.24, 2.45) is 4.99 Å². The van der Waals surface area contributed by atoms with Gasteiger partial charge in [-0.3, -0.25) is 9.89 Å². The maximum absolute atomic E-state index is 11.9. The number of carbonyl (C=O) groups is 1. The number of halogens is 1. The number of aliphatic imine (C=N–C) groups is 1. The third-order valence-electron chi connectivity index (χ3n) is 2.36. The molecule has 1 aromatic carbocycles. The molecule has 5 heteroatoms. The summed E-state index contributed by atoms with van der Waals surface area (Å²) in [6.45, 7) is 1.95. The largest absolute Gasteiger partial charge is 0.326 e. The van der Waals surface area contributed by atoms with E-state index in [2.05, 4.69) is 10.3 Å². The first-order chi connectivity index (χ1) is 8.08. The Labute approximate surface area is 106 Å². The van der Waals surface area contributed by atoms with Crippen LogP contribution >= 0.6 is 11.6 Å². The molecule has 0 radical (unpaired) electrons. The maximum atomic E-state index is 11.9. The highest BCUT2D eigenvalue weighted by molar-refractivity contribution is 6.30. The average Bonchev–Trinajstić information content (AvgIpc) is 2.33. The summed E-state index contributed by atoms with van der Waals surface area (Å²) >= 11 is 5.76. The average molecular weight is 254 g/mol. The molecule has 4 nitrogen and oxygen atoms in total. The van der Waals surface area contributed by atoms with E-state index in [4.69, 9.17) is 11.6 Å². The van der Waals surface area contributed by atoms with Crippen molar-refractivity contribution in [3.63, 3.8) is 0 Å². The Morgan fingerprint density at radius 1 is 1.41 bits per heavy atom. The quantitative estimate of drug-likeness (QED) is 0.638. The number of anilines is 1. The van der Waals surface area contributed by atoms with E-state index in [0.717, 1.165) is 5.84 Å². The number of amidine groups is 1. The van der Waals surface area contributed by atoms with Gasteiger partial charge in [0.1, 0.15) is 5.84 Å². The lowest BCUT2D eigenvalue weighted by Crippen LogP contribution is -2.36. The van der Waals surface area contributed by atoms with Gasteiger partial charge < -0.3 is 5.32 Å². The fourth-order valence-electron chi connectivity index (χ4n) is 1.40. The topological polar surface area (TPSA) is 44.7 Å². The van der Waals surface area contributed by atoms with Gasteiger partial charge in [-0.1, -0.05) is 18.5 Å². The fraction of sp³-hybridized carbons (Fsp3) is 0.333. The molecule has 0 aromatic heterocycles. The Morgan fingerprint density at radius 3 is 2.47 bits per heavy atom. The first-order valence-corrected chi connectivity index (χ1v) is 5.72. The van der Waals surface area contributed by atoms with Gasteiger partial charge in [-0.05, 0) is 24.3 Å². The van der Waals surface area contributed by atoms with E-state index in [-0.39, 0.29) is 6.03 Å². The molecule has 0 aliphatic carbocycles. The van der Waals surface area contributed by atoms with Crippen molar-refractivity contribution >= 4 is 29.2 Å². The monoisotopic (exact) mass is 253 g/mol. The van der Waals surface area contributed by atoms with Crippen molar-refractivity contribution in [1.29, 1.82) is 0 Å². The second-order valence-electron chi connectivity index (χ2n) is 3.49. The molecule has 1 aromatic rings. The van der Waals surface area contributed by atoms with Crippen molar-refractivity contribution in [3.8, 4) is 0 Å². The van der Waals surface area contributed by atoms with E-state index < -0.39 is 0 Å². The predicted molar refractivity (Wildman–Crippen MR) is 71.9 cm³/mol. The predicted octanol–water partition coefficient (Wildman–Crippen LogP) is 3.24. The number of rotatable bonds is 2. The summed E-state index contributed by atoms with van der Waals surface area (Å²) in [6, 6.07) is 6.75. The van der Waals surface area contributed by atoms with Crippen LogP contribution < -0.4 is 5.32 Å². The van der Waals surface area contributed by atoms with E-state index in [1.165, 1.54) is 4.90 Å². The van der Waals surface area contributed by atoms with Crippen molar-refractivity contribution in [2.75, 3.05) is 19.4 Å². The molecule has 1 N–H and O–H groups in total. The van der Waals surface area contributed by atoms with Crippen LogP contribution in [0.4, 0.5) is 10.5 Å². The third-order valence-corrected chi connectivity index (χ3v) is 2.61. The summed E-state index contributed by atoms with van der Waals surface area (Å²) in [6.07, 6.45) is 0.709. The Kier molecular flexibility index (Phi) is 4.97. The Balaban J connectivity index is 2.69. The molecular weight excluding hydrogens is 238 g/mol. The van der Waals surface area contributed by atoms with Gasteiger partial charge in [0.25, 0.3) is 0 Å². The van der Waals surface area contributed by atoms with E-state index in [1.807, 2.05) is 6.92 Å². The number of nitrogens with one attached hydrogen (secondary N) is 1. The second-order valence-corrected chi connectivity index (χ2v) is 3.93. The van der Waals surface area contributed by atoms with Crippen molar-refractivity contribution in [1.82, 2.24) is 4.90 Å². The normalized spacial score (nSPS) is 11.2. The molecule has 0 atom stereocenters. The summed E-state index contributed by atoms with van der Waals surface area (Å²) in [5.74, 6) is 0.733. The lowest BCUT2D eigenvalue weighted by Gasteiger charge is -2.18. The number of carbonyl (C=O) groups excluding carboxylic acids is 1. The molecule has 0 bridgehead atoms. The lowest BCUT2D eigenvalue weighted by molar-refractivity contribution is 0.238. The standard InChI is InChI=1S/C12H16ClN3O/c1-4-11(14-2)16(3)12(17)15-10-7-5-9(13)6-8-10/h5-8H,4H2,1-3H3,(H,15,17). The first-order valence-electron chi connectivity index (χ1n) is 5.34.